The van der Waals surface area contributed by atoms with Crippen molar-refractivity contribution in [3.05, 3.63) is 64.3 Å². The molecule has 1 aromatic rings. The van der Waals surface area contributed by atoms with Crippen molar-refractivity contribution in [2.75, 3.05) is 14.1 Å². The maximum absolute atomic E-state index is 11.7. The summed E-state index contributed by atoms with van der Waals surface area (Å²) in [5.74, 6) is 0.214. The van der Waals surface area contributed by atoms with Crippen LogP contribution in [0.25, 0.3) is 5.57 Å². The fourth-order valence-corrected chi connectivity index (χ4v) is 7.08. The molecule has 6 heteroatoms. The Balaban J connectivity index is 1.51. The van der Waals surface area contributed by atoms with Gasteiger partial charge in [-0.25, -0.2) is 0 Å². The average Bonchev–Trinajstić information content (AvgIpc) is 3.05. The van der Waals surface area contributed by atoms with E-state index in [1.807, 2.05) is 43.3 Å². The zero-order chi connectivity index (χ0) is 24.4. The zero-order valence-corrected chi connectivity index (χ0v) is 20.3. The van der Waals surface area contributed by atoms with E-state index in [4.69, 9.17) is 0 Å². The van der Waals surface area contributed by atoms with Gasteiger partial charge < -0.3 is 30.4 Å². The lowest BCUT2D eigenvalue weighted by atomic mass is 9.61. The normalized spacial score (nSPS) is 39.7. The molecule has 0 radical (unpaired) electrons. The smallest absolute Gasteiger partial charge is 0.105 e. The van der Waals surface area contributed by atoms with Crippen LogP contribution in [0.4, 0.5) is 0 Å². The van der Waals surface area contributed by atoms with Gasteiger partial charge in [-0.05, 0) is 80.0 Å². The first-order valence-electron chi connectivity index (χ1n) is 12.4. The molecule has 7 atom stereocenters. The molecule has 5 rings (SSSR count). The van der Waals surface area contributed by atoms with Crippen molar-refractivity contribution in [1.29, 1.82) is 0 Å². The molecule has 4 aliphatic rings. The Kier molecular flexibility index (Phi) is 5.91. The van der Waals surface area contributed by atoms with Crippen molar-refractivity contribution >= 4 is 5.57 Å². The first-order valence-corrected chi connectivity index (χ1v) is 12.4. The number of nitrogens with zero attached hydrogens (tertiary/aromatic N) is 1. The van der Waals surface area contributed by atoms with Crippen LogP contribution >= 0.6 is 0 Å². The zero-order valence-electron chi connectivity index (χ0n) is 20.3. The van der Waals surface area contributed by atoms with Gasteiger partial charge in [0.2, 0.25) is 0 Å². The Labute approximate surface area is 201 Å². The van der Waals surface area contributed by atoms with Gasteiger partial charge in [0.1, 0.15) is 6.10 Å². The molecule has 0 heterocycles. The van der Waals surface area contributed by atoms with Crippen LogP contribution in [0.15, 0.2) is 53.1 Å². The van der Waals surface area contributed by atoms with Crippen molar-refractivity contribution in [1.82, 2.24) is 4.90 Å². The molecular weight excluding hydrogens is 430 g/mol. The molecule has 0 aromatic heterocycles. The highest BCUT2D eigenvalue weighted by Gasteiger charge is 2.53. The summed E-state index contributed by atoms with van der Waals surface area (Å²) in [6, 6.07) is 7.64. The third-order valence-electron chi connectivity index (χ3n) is 9.06. The molecule has 2 unspecified atom stereocenters. The summed E-state index contributed by atoms with van der Waals surface area (Å²) in [7, 11) is 3.71. The van der Waals surface area contributed by atoms with E-state index < -0.39 is 23.9 Å². The van der Waals surface area contributed by atoms with Crippen molar-refractivity contribution in [2.45, 2.75) is 75.6 Å². The predicted octanol–water partition coefficient (Wildman–Crippen LogP) is 2.16. The van der Waals surface area contributed by atoms with E-state index in [0.717, 1.165) is 28.7 Å². The summed E-state index contributed by atoms with van der Waals surface area (Å²) in [6.07, 6.45) is 4.11. The van der Waals surface area contributed by atoms with Crippen molar-refractivity contribution in [2.24, 2.45) is 11.3 Å². The SMILES string of the molecule is CN(C)[C@H]1C[C@]2(O)CCC3=C(C=C2[C@@H](O)[C@@H]1O)C(O)C[C@]1(C)C(c2ccc(CO)cc2)=CCC31. The van der Waals surface area contributed by atoms with E-state index in [9.17, 15) is 25.5 Å². The second-order valence-corrected chi connectivity index (χ2v) is 11.2. The van der Waals surface area contributed by atoms with Crippen LogP contribution in [0, 0.1) is 11.3 Å². The number of hydrogen-bond donors (Lipinski definition) is 5. The van der Waals surface area contributed by atoms with Gasteiger partial charge in [0, 0.05) is 11.5 Å². The van der Waals surface area contributed by atoms with Crippen LogP contribution < -0.4 is 0 Å². The van der Waals surface area contributed by atoms with Crippen molar-refractivity contribution in [3.8, 4) is 0 Å². The second-order valence-electron chi connectivity index (χ2n) is 11.2. The average molecular weight is 468 g/mol. The quantitative estimate of drug-likeness (QED) is 0.467. The number of likely N-dealkylation sites (N-methyl/N-ethyl adjacent to an activating group) is 1. The van der Waals surface area contributed by atoms with Crippen LogP contribution in [0.5, 0.6) is 0 Å². The van der Waals surface area contributed by atoms with Crippen molar-refractivity contribution in [3.63, 3.8) is 0 Å². The minimum absolute atomic E-state index is 0.0149. The van der Waals surface area contributed by atoms with Gasteiger partial charge in [-0.15, -0.1) is 0 Å². The Morgan fingerprint density at radius 1 is 1.06 bits per heavy atom. The molecule has 1 saturated carbocycles. The van der Waals surface area contributed by atoms with Crippen LogP contribution in [-0.4, -0.2) is 74.5 Å². The Bertz CT molecular complexity index is 1060. The summed E-state index contributed by atoms with van der Waals surface area (Å²) < 4.78 is 0. The molecule has 0 amide bonds. The third kappa shape index (κ3) is 3.55. The lowest BCUT2D eigenvalue weighted by Gasteiger charge is -2.46. The lowest BCUT2D eigenvalue weighted by Crippen LogP contribution is -2.58. The van der Waals surface area contributed by atoms with Crippen LogP contribution in [0.1, 0.15) is 50.2 Å². The lowest BCUT2D eigenvalue weighted by molar-refractivity contribution is -0.0922. The molecule has 1 fully saturated rings. The van der Waals surface area contributed by atoms with Crippen LogP contribution in [0.3, 0.4) is 0 Å². The van der Waals surface area contributed by atoms with Crippen molar-refractivity contribution < 1.29 is 25.5 Å². The second kappa shape index (κ2) is 8.40. The first-order chi connectivity index (χ1) is 16.1. The van der Waals surface area contributed by atoms with Crippen LogP contribution in [0.2, 0.25) is 0 Å². The van der Waals surface area contributed by atoms with E-state index >= 15 is 0 Å². The molecule has 0 saturated heterocycles. The van der Waals surface area contributed by atoms with E-state index in [1.165, 1.54) is 5.57 Å². The number of fused-ring (bicyclic) bond motifs is 3. The van der Waals surface area contributed by atoms with Gasteiger partial charge >= 0.3 is 0 Å². The Morgan fingerprint density at radius 2 is 1.76 bits per heavy atom. The van der Waals surface area contributed by atoms with E-state index in [0.29, 0.717) is 31.3 Å². The number of allylic oxidation sites excluding steroid dienone is 3. The number of benzene rings is 1. The van der Waals surface area contributed by atoms with Gasteiger partial charge in [-0.1, -0.05) is 48.9 Å². The molecule has 6 nitrogen and oxygen atoms in total. The molecule has 34 heavy (non-hydrogen) atoms. The number of rotatable bonds is 3. The molecule has 184 valence electrons. The number of hydrogen-bond acceptors (Lipinski definition) is 6. The van der Waals surface area contributed by atoms with Gasteiger partial charge in [-0.3, -0.25) is 0 Å². The fraction of sp³-hybridized carbons (Fsp3) is 0.571. The van der Waals surface area contributed by atoms with Gasteiger partial charge in [0.25, 0.3) is 0 Å². The molecule has 0 spiro atoms. The number of aliphatic hydroxyl groups is 5. The largest absolute Gasteiger partial charge is 0.392 e. The molecule has 0 aliphatic heterocycles. The number of aliphatic hydroxyl groups excluding tert-OH is 4. The Morgan fingerprint density at radius 3 is 2.41 bits per heavy atom. The summed E-state index contributed by atoms with van der Waals surface area (Å²) in [4.78, 5) is 1.86. The molecular formula is C28H37NO5. The van der Waals surface area contributed by atoms with Gasteiger partial charge in [-0.2, -0.15) is 0 Å². The minimum atomic E-state index is -1.21. The summed E-state index contributed by atoms with van der Waals surface area (Å²) >= 11 is 0. The monoisotopic (exact) mass is 467 g/mol. The van der Waals surface area contributed by atoms with E-state index in [2.05, 4.69) is 13.0 Å². The topological polar surface area (TPSA) is 104 Å². The fourth-order valence-electron chi connectivity index (χ4n) is 7.08. The minimum Gasteiger partial charge on any atom is -0.392 e. The van der Waals surface area contributed by atoms with Gasteiger partial charge in [0.05, 0.1) is 24.4 Å². The third-order valence-corrected chi connectivity index (χ3v) is 9.06. The summed E-state index contributed by atoms with van der Waals surface area (Å²) in [5, 5.41) is 54.2. The highest BCUT2D eigenvalue weighted by atomic mass is 16.3. The first kappa shape index (κ1) is 23.9. The highest BCUT2D eigenvalue weighted by Crippen LogP contribution is 2.60. The van der Waals surface area contributed by atoms with E-state index in [1.54, 1.807) is 6.08 Å². The highest BCUT2D eigenvalue weighted by molar-refractivity contribution is 5.74. The maximum atomic E-state index is 11.7. The molecule has 4 aliphatic carbocycles. The Hall–Kier alpha value is -1.80. The predicted molar refractivity (Wildman–Crippen MR) is 131 cm³/mol. The maximum Gasteiger partial charge on any atom is 0.105 e. The summed E-state index contributed by atoms with van der Waals surface area (Å²) in [6.45, 7) is 2.24. The van der Waals surface area contributed by atoms with Gasteiger partial charge in [0.15, 0.2) is 0 Å². The van der Waals surface area contributed by atoms with E-state index in [-0.39, 0.29) is 24.0 Å². The molecule has 5 N–H and O–H groups in total. The summed E-state index contributed by atoms with van der Waals surface area (Å²) in [5.41, 5.74) is 4.19. The van der Waals surface area contributed by atoms with Crippen LogP contribution in [-0.2, 0) is 6.61 Å². The standard InChI is InChI=1S/C28H37NO5/c1-27-14-24(31)19-12-22-25(32)26(33)23(29(2)3)13-28(22,34)11-10-18(19)21(27)9-8-20(27)17-6-4-16(15-30)5-7-17/h4-8,12,21,23-26,30-34H,9-11,13-15H2,1-3H3/t21?,23-,24?,25+,26+,27+,28+/m0/s1. The molecule has 0 bridgehead atoms. The molecule has 1 aromatic carbocycles.